The van der Waals surface area contributed by atoms with E-state index >= 15 is 0 Å². The number of alkyl halides is 3. The zero-order chi connectivity index (χ0) is 26.3. The highest BCUT2D eigenvalue weighted by Crippen LogP contribution is 2.33. The summed E-state index contributed by atoms with van der Waals surface area (Å²) in [5.74, 6) is 1.11. The first kappa shape index (κ1) is 23.7. The molecule has 38 heavy (non-hydrogen) atoms. The summed E-state index contributed by atoms with van der Waals surface area (Å²) in [6.45, 7) is 3.12. The predicted molar refractivity (Wildman–Crippen MR) is 129 cm³/mol. The number of aryl methyl sites for hydroxylation is 1. The van der Waals surface area contributed by atoms with Gasteiger partial charge in [-0.25, -0.2) is 24.9 Å². The molecule has 5 aromatic rings. The summed E-state index contributed by atoms with van der Waals surface area (Å²) in [6, 6.07) is 3.70. The fraction of sp³-hybridized carbons (Fsp3) is 0.304. The Morgan fingerprint density at radius 1 is 0.947 bits per heavy atom. The van der Waals surface area contributed by atoms with E-state index in [0.29, 0.717) is 24.9 Å². The van der Waals surface area contributed by atoms with E-state index in [9.17, 15) is 13.2 Å². The molecule has 1 saturated heterocycles. The first-order valence-electron chi connectivity index (χ1n) is 11.8. The Bertz CT molecular complexity index is 1560. The van der Waals surface area contributed by atoms with Crippen LogP contribution in [-0.4, -0.2) is 62.6 Å². The lowest BCUT2D eigenvalue weighted by atomic mass is 9.94. The number of halogens is 3. The van der Waals surface area contributed by atoms with Crippen molar-refractivity contribution in [2.75, 3.05) is 23.3 Å². The van der Waals surface area contributed by atoms with E-state index in [0.717, 1.165) is 53.6 Å². The average Bonchev–Trinajstić information content (AvgIpc) is 3.61. The molecule has 0 radical (unpaired) electrons. The van der Waals surface area contributed by atoms with Gasteiger partial charge in [0.1, 0.15) is 18.3 Å². The molecule has 6 rings (SSSR count). The monoisotopic (exact) mass is 522 g/mol. The number of nitrogens with one attached hydrogen (secondary N) is 1. The van der Waals surface area contributed by atoms with Crippen LogP contribution in [0.2, 0.25) is 0 Å². The van der Waals surface area contributed by atoms with Gasteiger partial charge in [-0.05, 0) is 42.3 Å². The summed E-state index contributed by atoms with van der Waals surface area (Å²) in [5, 5.41) is 14.5. The van der Waals surface area contributed by atoms with E-state index in [-0.39, 0.29) is 5.92 Å². The van der Waals surface area contributed by atoms with Crippen molar-refractivity contribution < 1.29 is 13.2 Å². The molecule has 1 fully saturated rings. The number of piperidine rings is 1. The van der Waals surface area contributed by atoms with Gasteiger partial charge in [0.25, 0.3) is 0 Å². The van der Waals surface area contributed by atoms with Crippen molar-refractivity contribution in [1.82, 2.24) is 49.5 Å². The molecule has 0 aliphatic carbocycles. The molecule has 1 aliphatic rings. The molecule has 0 unspecified atom stereocenters. The first-order chi connectivity index (χ1) is 18.4. The molecule has 12 nitrogen and oxygen atoms in total. The molecule has 1 aliphatic heterocycles. The van der Waals surface area contributed by atoms with Crippen LogP contribution in [0.15, 0.2) is 49.6 Å². The van der Waals surface area contributed by atoms with Crippen LogP contribution < -0.4 is 10.2 Å². The Kier molecular flexibility index (Phi) is 5.81. The molecule has 0 spiro atoms. The van der Waals surface area contributed by atoms with Crippen LogP contribution in [0.25, 0.3) is 11.5 Å². The highest BCUT2D eigenvalue weighted by atomic mass is 19.4. The number of pyridine rings is 1. The highest BCUT2D eigenvalue weighted by molar-refractivity contribution is 5.74. The SMILES string of the molecule is Cc1nc(-n2cnnn2)ccc1Nc1cncn2c(C3CCN(c4ncc(C(F)(F)F)cn4)CC3)cnc12. The lowest BCUT2D eigenvalue weighted by Gasteiger charge is -2.31. The second-order valence-corrected chi connectivity index (χ2v) is 8.90. The Hall–Kier alpha value is -4.69. The molecule has 15 heteroatoms. The third-order valence-corrected chi connectivity index (χ3v) is 6.54. The number of nitrogens with zero attached hydrogens (tertiary/aromatic N) is 11. The third-order valence-electron chi connectivity index (χ3n) is 6.54. The Morgan fingerprint density at radius 3 is 2.42 bits per heavy atom. The minimum absolute atomic E-state index is 0.201. The lowest BCUT2D eigenvalue weighted by molar-refractivity contribution is -0.138. The molecule has 0 amide bonds. The van der Waals surface area contributed by atoms with Gasteiger partial charge in [0, 0.05) is 43.3 Å². The van der Waals surface area contributed by atoms with Crippen molar-refractivity contribution in [3.05, 3.63) is 66.5 Å². The second-order valence-electron chi connectivity index (χ2n) is 8.90. The second kappa shape index (κ2) is 9.32. The van der Waals surface area contributed by atoms with Gasteiger partial charge < -0.3 is 10.2 Å². The Balaban J connectivity index is 1.17. The van der Waals surface area contributed by atoms with Crippen LogP contribution in [0.3, 0.4) is 0 Å². The van der Waals surface area contributed by atoms with E-state index < -0.39 is 11.7 Å². The molecule has 0 aromatic carbocycles. The minimum atomic E-state index is -4.45. The van der Waals surface area contributed by atoms with Crippen molar-refractivity contribution in [3.63, 3.8) is 0 Å². The van der Waals surface area contributed by atoms with Crippen molar-refractivity contribution >= 4 is 23.0 Å². The van der Waals surface area contributed by atoms with E-state index in [1.165, 1.54) is 11.0 Å². The van der Waals surface area contributed by atoms with Crippen molar-refractivity contribution in [3.8, 4) is 5.82 Å². The zero-order valence-corrected chi connectivity index (χ0v) is 20.1. The van der Waals surface area contributed by atoms with Gasteiger partial charge in [-0.3, -0.25) is 4.40 Å². The highest BCUT2D eigenvalue weighted by Gasteiger charge is 2.32. The predicted octanol–water partition coefficient (Wildman–Crippen LogP) is 3.34. The number of hydrogen-bond acceptors (Lipinski definition) is 10. The van der Waals surface area contributed by atoms with Crippen molar-refractivity contribution in [2.45, 2.75) is 31.9 Å². The van der Waals surface area contributed by atoms with E-state index in [4.69, 9.17) is 0 Å². The van der Waals surface area contributed by atoms with Gasteiger partial charge in [-0.15, -0.1) is 5.10 Å². The smallest absolute Gasteiger partial charge is 0.350 e. The maximum atomic E-state index is 12.8. The average molecular weight is 522 g/mol. The number of fused-ring (bicyclic) bond motifs is 1. The van der Waals surface area contributed by atoms with Gasteiger partial charge in [-0.1, -0.05) is 0 Å². The summed E-state index contributed by atoms with van der Waals surface area (Å²) in [5.41, 5.74) is 3.18. The number of rotatable bonds is 5. The molecular weight excluding hydrogens is 501 g/mol. The Morgan fingerprint density at radius 2 is 1.74 bits per heavy atom. The molecule has 6 heterocycles. The summed E-state index contributed by atoms with van der Waals surface area (Å²) in [4.78, 5) is 23.4. The van der Waals surface area contributed by atoms with Crippen LogP contribution in [0, 0.1) is 6.92 Å². The molecule has 0 saturated carbocycles. The van der Waals surface area contributed by atoms with Gasteiger partial charge in [-0.2, -0.15) is 17.9 Å². The minimum Gasteiger partial charge on any atom is -0.350 e. The van der Waals surface area contributed by atoms with Gasteiger partial charge in [0.15, 0.2) is 11.5 Å². The molecule has 0 bridgehead atoms. The van der Waals surface area contributed by atoms with Crippen LogP contribution in [0.5, 0.6) is 0 Å². The summed E-state index contributed by atoms with van der Waals surface area (Å²) < 4.78 is 41.9. The molecule has 0 atom stereocenters. The fourth-order valence-electron chi connectivity index (χ4n) is 4.54. The summed E-state index contributed by atoms with van der Waals surface area (Å²) in [7, 11) is 0. The van der Waals surface area contributed by atoms with E-state index in [2.05, 4.69) is 45.8 Å². The fourth-order valence-corrected chi connectivity index (χ4v) is 4.54. The van der Waals surface area contributed by atoms with Crippen LogP contribution in [-0.2, 0) is 6.18 Å². The third kappa shape index (κ3) is 4.46. The topological polar surface area (TPSA) is 128 Å². The molecule has 5 aromatic heterocycles. The van der Waals surface area contributed by atoms with Gasteiger partial charge in [0.2, 0.25) is 5.95 Å². The van der Waals surface area contributed by atoms with Crippen molar-refractivity contribution in [2.24, 2.45) is 0 Å². The quantitative estimate of drug-likeness (QED) is 0.367. The standard InChI is InChI=1S/C23H21F3N12/c1-14-17(2-3-20(32-14)38-13-31-34-35-38)33-18-10-27-12-37-19(11-28-21(18)37)15-4-6-36(7-5-15)22-29-8-16(9-30-22)23(24,25)26/h2-3,8-13,15,33H,4-7H2,1H3. The summed E-state index contributed by atoms with van der Waals surface area (Å²) >= 11 is 0. The maximum Gasteiger partial charge on any atom is 0.419 e. The number of aromatic nitrogens is 10. The molecular formula is C23H21F3N12. The maximum absolute atomic E-state index is 12.8. The van der Waals surface area contributed by atoms with Crippen LogP contribution in [0.1, 0.15) is 35.7 Å². The van der Waals surface area contributed by atoms with Gasteiger partial charge in [0.05, 0.1) is 23.1 Å². The largest absolute Gasteiger partial charge is 0.419 e. The van der Waals surface area contributed by atoms with E-state index in [1.807, 2.05) is 34.6 Å². The number of hydrogen-bond donors (Lipinski definition) is 1. The molecule has 194 valence electrons. The van der Waals surface area contributed by atoms with Crippen LogP contribution >= 0.6 is 0 Å². The van der Waals surface area contributed by atoms with Crippen LogP contribution in [0.4, 0.5) is 30.5 Å². The lowest BCUT2D eigenvalue weighted by Crippen LogP contribution is -2.34. The Labute approximate surface area is 213 Å². The van der Waals surface area contributed by atoms with E-state index in [1.54, 1.807) is 12.5 Å². The van der Waals surface area contributed by atoms with Crippen molar-refractivity contribution in [1.29, 1.82) is 0 Å². The number of tetrazole rings is 1. The number of anilines is 3. The summed E-state index contributed by atoms with van der Waals surface area (Å²) in [6.07, 6.45) is 5.53. The number of imidazole rings is 1. The zero-order valence-electron chi connectivity index (χ0n) is 20.1. The van der Waals surface area contributed by atoms with Gasteiger partial charge >= 0.3 is 6.18 Å². The first-order valence-corrected chi connectivity index (χ1v) is 11.8. The normalized spacial score (nSPS) is 14.8. The molecule has 1 N–H and O–H groups in total.